The van der Waals surface area contributed by atoms with Crippen LogP contribution in [0.5, 0.6) is 0 Å². The van der Waals surface area contributed by atoms with E-state index in [1.807, 2.05) is 84.6 Å². The molecule has 2 aromatic heterocycles. The topological polar surface area (TPSA) is 55.1 Å². The van der Waals surface area contributed by atoms with Gasteiger partial charge in [0.1, 0.15) is 11.2 Å². The van der Waals surface area contributed by atoms with Gasteiger partial charge in [0.25, 0.3) is 0 Å². The average Bonchev–Trinajstić information content (AvgIpc) is 3.87. The lowest BCUT2D eigenvalue weighted by Crippen LogP contribution is -2.17. The molecule has 5 nitrogen and oxygen atoms in total. The molecular formula is C60H40N4OS. The van der Waals surface area contributed by atoms with E-state index in [9.17, 15) is 0 Å². The molecule has 0 saturated carbocycles. The van der Waals surface area contributed by atoms with Crippen molar-refractivity contribution in [1.82, 2.24) is 15.0 Å². The molecule has 0 amide bonds. The third-order valence-electron chi connectivity index (χ3n) is 13.3. The minimum Gasteiger partial charge on any atom is -0.456 e. The summed E-state index contributed by atoms with van der Waals surface area (Å²) in [5.41, 5.74) is 17.7. The Morgan fingerprint density at radius 1 is 0.409 bits per heavy atom. The van der Waals surface area contributed by atoms with Crippen molar-refractivity contribution >= 4 is 50.8 Å². The zero-order valence-electron chi connectivity index (χ0n) is 36.2. The van der Waals surface area contributed by atoms with Crippen LogP contribution in [0.4, 0.5) is 17.1 Å². The van der Waals surface area contributed by atoms with Gasteiger partial charge >= 0.3 is 0 Å². The standard InChI is InChI=1S/C60H40N4OS/c1-60(2)46-24-13-12-22-43(46)56-47(60)25-15-26-50(56)64-48-31-28-41(37-16-6-3-7-17-37)35-53(48)66-54-36-42(29-32-49(54)64)40-30-33-51-45(34-40)55-44(23-14-27-52(55)65-51)59-62-57(38-18-8-4-9-19-38)61-58(63-59)39-20-10-5-11-21-39/h3-36H,1-2H3. The summed E-state index contributed by atoms with van der Waals surface area (Å²) in [5.74, 6) is 1.84. The largest absolute Gasteiger partial charge is 0.456 e. The number of nitrogens with zero attached hydrogens (tertiary/aromatic N) is 4. The van der Waals surface area contributed by atoms with E-state index >= 15 is 0 Å². The molecule has 2 aliphatic rings. The van der Waals surface area contributed by atoms with E-state index in [-0.39, 0.29) is 5.41 Å². The molecule has 66 heavy (non-hydrogen) atoms. The van der Waals surface area contributed by atoms with Gasteiger partial charge in [-0.3, -0.25) is 0 Å². The summed E-state index contributed by atoms with van der Waals surface area (Å²) in [6, 6.07) is 73.2. The number of benzene rings is 9. The van der Waals surface area contributed by atoms with Crippen LogP contribution in [0.1, 0.15) is 25.0 Å². The van der Waals surface area contributed by atoms with Crippen LogP contribution in [0.3, 0.4) is 0 Å². The highest BCUT2D eigenvalue weighted by molar-refractivity contribution is 7.99. The quantitative estimate of drug-likeness (QED) is 0.166. The minimum atomic E-state index is -0.118. The average molecular weight is 865 g/mol. The molecule has 11 aromatic rings. The monoisotopic (exact) mass is 864 g/mol. The fourth-order valence-electron chi connectivity index (χ4n) is 10.1. The lowest BCUT2D eigenvalue weighted by atomic mass is 9.82. The van der Waals surface area contributed by atoms with Crippen LogP contribution in [-0.2, 0) is 5.41 Å². The van der Waals surface area contributed by atoms with Crippen LogP contribution < -0.4 is 4.90 Å². The van der Waals surface area contributed by atoms with Gasteiger partial charge in [0.2, 0.25) is 0 Å². The van der Waals surface area contributed by atoms with Gasteiger partial charge in [0.15, 0.2) is 17.5 Å². The first kappa shape index (κ1) is 38.4. The van der Waals surface area contributed by atoms with Crippen LogP contribution in [-0.4, -0.2) is 15.0 Å². The second-order valence-corrected chi connectivity index (χ2v) is 18.7. The zero-order chi connectivity index (χ0) is 43.9. The summed E-state index contributed by atoms with van der Waals surface area (Å²) in [4.78, 5) is 20.1. The van der Waals surface area contributed by atoms with Gasteiger partial charge in [-0.1, -0.05) is 183 Å². The molecule has 0 fully saturated rings. The van der Waals surface area contributed by atoms with Crippen LogP contribution >= 0.6 is 11.8 Å². The fraction of sp³-hybridized carbons (Fsp3) is 0.0500. The van der Waals surface area contributed by atoms with Crippen molar-refractivity contribution in [3.05, 3.63) is 217 Å². The first-order valence-corrected chi connectivity index (χ1v) is 23.2. The number of aromatic nitrogens is 3. The van der Waals surface area contributed by atoms with Gasteiger partial charge in [-0.05, 0) is 87.5 Å². The Bertz CT molecular complexity index is 3660. The molecule has 0 bridgehead atoms. The van der Waals surface area contributed by atoms with Gasteiger partial charge in [-0.25, -0.2) is 15.0 Å². The van der Waals surface area contributed by atoms with E-state index in [0.717, 1.165) is 55.4 Å². The highest BCUT2D eigenvalue weighted by atomic mass is 32.2. The maximum Gasteiger partial charge on any atom is 0.164 e. The number of hydrogen-bond donors (Lipinski definition) is 0. The van der Waals surface area contributed by atoms with Gasteiger partial charge in [-0.15, -0.1) is 0 Å². The predicted molar refractivity (Wildman–Crippen MR) is 271 cm³/mol. The van der Waals surface area contributed by atoms with Crippen LogP contribution in [0.15, 0.2) is 220 Å². The Labute approximate surface area is 387 Å². The number of rotatable bonds is 6. The Kier molecular flexibility index (Phi) is 8.74. The number of hydrogen-bond acceptors (Lipinski definition) is 6. The molecule has 1 aliphatic heterocycles. The van der Waals surface area contributed by atoms with E-state index in [2.05, 4.69) is 152 Å². The predicted octanol–water partition coefficient (Wildman–Crippen LogP) is 16.3. The molecule has 0 N–H and O–H groups in total. The molecule has 13 rings (SSSR count). The van der Waals surface area contributed by atoms with Crippen molar-refractivity contribution in [2.45, 2.75) is 29.1 Å². The van der Waals surface area contributed by atoms with Crippen molar-refractivity contribution in [3.63, 3.8) is 0 Å². The maximum absolute atomic E-state index is 6.57. The van der Waals surface area contributed by atoms with Crippen LogP contribution in [0, 0.1) is 0 Å². The summed E-state index contributed by atoms with van der Waals surface area (Å²) in [7, 11) is 0. The lowest BCUT2D eigenvalue weighted by Gasteiger charge is -2.35. The number of anilines is 3. The summed E-state index contributed by atoms with van der Waals surface area (Å²) in [6.07, 6.45) is 0. The third kappa shape index (κ3) is 6.13. The molecule has 0 atom stereocenters. The lowest BCUT2D eigenvalue weighted by molar-refractivity contribution is 0.660. The van der Waals surface area contributed by atoms with Crippen LogP contribution in [0.2, 0.25) is 0 Å². The van der Waals surface area contributed by atoms with Crippen molar-refractivity contribution in [3.8, 4) is 67.5 Å². The molecule has 0 unspecified atom stereocenters. The van der Waals surface area contributed by atoms with E-state index in [4.69, 9.17) is 19.4 Å². The Morgan fingerprint density at radius 2 is 0.939 bits per heavy atom. The summed E-state index contributed by atoms with van der Waals surface area (Å²) < 4.78 is 6.57. The maximum atomic E-state index is 6.57. The van der Waals surface area contributed by atoms with Crippen molar-refractivity contribution < 1.29 is 4.42 Å². The SMILES string of the molecule is CC1(C)c2ccccc2-c2c(N3c4ccc(-c5ccccc5)cc4Sc4cc(-c5ccc6oc7cccc(-c8nc(-c9ccccc9)nc(-c9ccccc9)n8)c7c6c5)ccc43)cccc21. The molecule has 9 aromatic carbocycles. The molecule has 0 radical (unpaired) electrons. The number of fused-ring (bicyclic) bond motifs is 8. The smallest absolute Gasteiger partial charge is 0.164 e. The van der Waals surface area contributed by atoms with Gasteiger partial charge in [-0.2, -0.15) is 0 Å². The Hall–Kier alpha value is -8.06. The second kappa shape index (κ2) is 15.0. The number of furan rings is 1. The minimum absolute atomic E-state index is 0.118. The Balaban J connectivity index is 0.968. The molecule has 312 valence electrons. The summed E-state index contributed by atoms with van der Waals surface area (Å²) >= 11 is 1.84. The molecule has 3 heterocycles. The molecule has 0 saturated heterocycles. The molecule has 0 spiro atoms. The van der Waals surface area contributed by atoms with E-state index < -0.39 is 0 Å². The fourth-order valence-corrected chi connectivity index (χ4v) is 11.2. The first-order chi connectivity index (χ1) is 32.5. The Morgan fingerprint density at radius 3 is 1.62 bits per heavy atom. The normalized spacial score (nSPS) is 13.3. The summed E-state index contributed by atoms with van der Waals surface area (Å²) in [6.45, 7) is 4.70. The van der Waals surface area contributed by atoms with E-state index in [0.29, 0.717) is 17.5 Å². The highest BCUT2D eigenvalue weighted by Crippen LogP contribution is 2.58. The highest BCUT2D eigenvalue weighted by Gasteiger charge is 2.39. The zero-order valence-corrected chi connectivity index (χ0v) is 37.1. The van der Waals surface area contributed by atoms with E-state index in [1.165, 1.54) is 54.5 Å². The van der Waals surface area contributed by atoms with Gasteiger partial charge in [0, 0.05) is 48.2 Å². The molecule has 1 aliphatic carbocycles. The second-order valence-electron chi connectivity index (χ2n) is 17.6. The van der Waals surface area contributed by atoms with Gasteiger partial charge in [0.05, 0.1) is 17.1 Å². The van der Waals surface area contributed by atoms with Gasteiger partial charge < -0.3 is 9.32 Å². The summed E-state index contributed by atoms with van der Waals surface area (Å²) in [5, 5.41) is 1.98. The molecule has 6 heteroatoms. The van der Waals surface area contributed by atoms with E-state index in [1.54, 1.807) is 0 Å². The van der Waals surface area contributed by atoms with Crippen molar-refractivity contribution in [2.24, 2.45) is 0 Å². The van der Waals surface area contributed by atoms with Crippen molar-refractivity contribution in [2.75, 3.05) is 4.90 Å². The van der Waals surface area contributed by atoms with Crippen LogP contribution in [0.25, 0.3) is 89.5 Å². The van der Waals surface area contributed by atoms with Crippen molar-refractivity contribution in [1.29, 1.82) is 0 Å². The molecular weight excluding hydrogens is 825 g/mol. The third-order valence-corrected chi connectivity index (χ3v) is 14.4. The first-order valence-electron chi connectivity index (χ1n) is 22.3.